The van der Waals surface area contributed by atoms with Gasteiger partial charge in [0.2, 0.25) is 0 Å². The minimum atomic E-state index is -0.491. The summed E-state index contributed by atoms with van der Waals surface area (Å²) in [5, 5.41) is 0. The second-order valence-corrected chi connectivity index (χ2v) is 3.93. The summed E-state index contributed by atoms with van der Waals surface area (Å²) < 4.78 is 5.31. The second kappa shape index (κ2) is 3.54. The molecule has 2 nitrogen and oxygen atoms in total. The molecule has 0 spiro atoms. The number of carbonyl (C=O) groups excluding carboxylic acids is 1. The van der Waals surface area contributed by atoms with Gasteiger partial charge in [0, 0.05) is 0 Å². The van der Waals surface area contributed by atoms with Crippen LogP contribution in [0, 0.1) is 0 Å². The van der Waals surface area contributed by atoms with Gasteiger partial charge in [-0.25, -0.2) is 0 Å². The quantitative estimate of drug-likeness (QED) is 0.536. The Morgan fingerprint density at radius 2 is 2.14 bits per heavy atom. The first-order valence-corrected chi connectivity index (χ1v) is 4.93. The van der Waals surface area contributed by atoms with E-state index in [1.54, 1.807) is 0 Å². The largest absolute Gasteiger partial charge is 0.358 e. The van der Waals surface area contributed by atoms with E-state index in [1.165, 1.54) is 5.56 Å². The molecule has 0 unspecified atom stereocenters. The molecule has 0 aromatic heterocycles. The summed E-state index contributed by atoms with van der Waals surface area (Å²) in [7, 11) is 0. The number of hydrogen-bond acceptors (Lipinski definition) is 2. The van der Waals surface area contributed by atoms with Gasteiger partial charge in [-0.05, 0) is 25.3 Å². The maximum absolute atomic E-state index is 10.6. The molecule has 0 N–H and O–H groups in total. The molecule has 1 fully saturated rings. The van der Waals surface area contributed by atoms with E-state index in [-0.39, 0.29) is 6.10 Å². The predicted molar refractivity (Wildman–Crippen MR) is 54.1 cm³/mol. The number of hydrogen-bond donors (Lipinski definition) is 0. The summed E-state index contributed by atoms with van der Waals surface area (Å²) in [5.41, 5.74) is 0.811. The highest BCUT2D eigenvalue weighted by atomic mass is 16.6. The third-order valence-electron chi connectivity index (χ3n) is 2.75. The van der Waals surface area contributed by atoms with Crippen LogP contribution in [0.4, 0.5) is 0 Å². The van der Waals surface area contributed by atoms with Gasteiger partial charge in [-0.2, -0.15) is 0 Å². The fourth-order valence-corrected chi connectivity index (χ4v) is 1.66. The smallest absolute Gasteiger partial charge is 0.154 e. The van der Waals surface area contributed by atoms with Crippen molar-refractivity contribution in [2.75, 3.05) is 0 Å². The molecular weight excluding hydrogens is 176 g/mol. The molecular formula is C12H14O2. The zero-order valence-corrected chi connectivity index (χ0v) is 8.27. The van der Waals surface area contributed by atoms with Crippen LogP contribution < -0.4 is 0 Å². The first-order valence-electron chi connectivity index (χ1n) is 4.93. The van der Waals surface area contributed by atoms with E-state index in [0.29, 0.717) is 0 Å². The fraction of sp³-hybridized carbons (Fsp3) is 0.417. The van der Waals surface area contributed by atoms with Gasteiger partial charge in [0.15, 0.2) is 6.29 Å². The molecule has 0 aliphatic carbocycles. The molecule has 1 aromatic rings. The van der Waals surface area contributed by atoms with Crippen molar-refractivity contribution >= 4 is 6.29 Å². The molecule has 0 amide bonds. The van der Waals surface area contributed by atoms with E-state index in [4.69, 9.17) is 4.74 Å². The van der Waals surface area contributed by atoms with Crippen LogP contribution in [0.1, 0.15) is 18.9 Å². The minimum absolute atomic E-state index is 0.125. The molecule has 1 aliphatic heterocycles. The third kappa shape index (κ3) is 1.85. The predicted octanol–water partition coefficient (Wildman–Crippen LogP) is 1.98. The van der Waals surface area contributed by atoms with Crippen molar-refractivity contribution in [1.82, 2.24) is 0 Å². The van der Waals surface area contributed by atoms with Crippen LogP contribution in [0.15, 0.2) is 30.3 Å². The summed E-state index contributed by atoms with van der Waals surface area (Å²) in [6.45, 7) is 1.84. The number of aryl methyl sites for hydroxylation is 1. The fourth-order valence-electron chi connectivity index (χ4n) is 1.66. The van der Waals surface area contributed by atoms with Crippen molar-refractivity contribution < 1.29 is 9.53 Å². The summed E-state index contributed by atoms with van der Waals surface area (Å²) in [5.74, 6) is 0. The first-order chi connectivity index (χ1) is 6.74. The SMILES string of the molecule is C[C@@]1(C=O)O[C@@H]1CCc1ccccc1. The topological polar surface area (TPSA) is 29.6 Å². The van der Waals surface area contributed by atoms with Crippen LogP contribution in [0.25, 0.3) is 0 Å². The molecule has 1 aromatic carbocycles. The monoisotopic (exact) mass is 190 g/mol. The van der Waals surface area contributed by atoms with E-state index in [2.05, 4.69) is 12.1 Å². The van der Waals surface area contributed by atoms with Gasteiger partial charge in [-0.3, -0.25) is 0 Å². The lowest BCUT2D eigenvalue weighted by Gasteiger charge is -1.98. The molecule has 0 bridgehead atoms. The van der Waals surface area contributed by atoms with E-state index in [0.717, 1.165) is 19.1 Å². The molecule has 1 saturated heterocycles. The summed E-state index contributed by atoms with van der Waals surface area (Å²) in [4.78, 5) is 10.6. The zero-order valence-electron chi connectivity index (χ0n) is 8.27. The van der Waals surface area contributed by atoms with Crippen LogP contribution in [-0.4, -0.2) is 18.0 Å². The zero-order chi connectivity index (χ0) is 10.0. The number of aldehydes is 1. The van der Waals surface area contributed by atoms with Crippen LogP contribution in [0.2, 0.25) is 0 Å². The maximum Gasteiger partial charge on any atom is 0.154 e. The number of ether oxygens (including phenoxy) is 1. The van der Waals surface area contributed by atoms with E-state index < -0.39 is 5.60 Å². The average molecular weight is 190 g/mol. The molecule has 2 atom stereocenters. The van der Waals surface area contributed by atoms with Crippen molar-refractivity contribution in [3.8, 4) is 0 Å². The van der Waals surface area contributed by atoms with Crippen LogP contribution in [-0.2, 0) is 16.0 Å². The van der Waals surface area contributed by atoms with Crippen molar-refractivity contribution in [3.05, 3.63) is 35.9 Å². The van der Waals surface area contributed by atoms with Gasteiger partial charge in [-0.15, -0.1) is 0 Å². The Kier molecular flexibility index (Phi) is 2.38. The van der Waals surface area contributed by atoms with Crippen molar-refractivity contribution in [1.29, 1.82) is 0 Å². The number of epoxide rings is 1. The summed E-state index contributed by atoms with van der Waals surface area (Å²) in [6.07, 6.45) is 2.94. The van der Waals surface area contributed by atoms with Crippen molar-refractivity contribution in [2.45, 2.75) is 31.5 Å². The molecule has 14 heavy (non-hydrogen) atoms. The van der Waals surface area contributed by atoms with Crippen molar-refractivity contribution in [3.63, 3.8) is 0 Å². The van der Waals surface area contributed by atoms with Gasteiger partial charge >= 0.3 is 0 Å². The molecule has 1 heterocycles. The Balaban J connectivity index is 1.83. The normalized spacial score (nSPS) is 29.9. The summed E-state index contributed by atoms with van der Waals surface area (Å²) >= 11 is 0. The second-order valence-electron chi connectivity index (χ2n) is 3.93. The maximum atomic E-state index is 10.6. The van der Waals surface area contributed by atoms with Crippen molar-refractivity contribution in [2.24, 2.45) is 0 Å². The van der Waals surface area contributed by atoms with Gasteiger partial charge < -0.3 is 9.53 Å². The number of benzene rings is 1. The molecule has 74 valence electrons. The van der Waals surface area contributed by atoms with Gasteiger partial charge in [0.05, 0.1) is 6.10 Å². The molecule has 2 heteroatoms. The van der Waals surface area contributed by atoms with Crippen LogP contribution in [0.3, 0.4) is 0 Å². The Morgan fingerprint density at radius 1 is 1.43 bits per heavy atom. The Labute approximate surface area is 83.9 Å². The molecule has 0 saturated carbocycles. The minimum Gasteiger partial charge on any atom is -0.358 e. The van der Waals surface area contributed by atoms with Gasteiger partial charge in [0.1, 0.15) is 5.60 Å². The highest BCUT2D eigenvalue weighted by Gasteiger charge is 2.51. The Morgan fingerprint density at radius 3 is 2.71 bits per heavy atom. The molecule has 2 rings (SSSR count). The average Bonchev–Trinajstić information content (AvgIpc) is 2.90. The lowest BCUT2D eigenvalue weighted by molar-refractivity contribution is -0.111. The third-order valence-corrected chi connectivity index (χ3v) is 2.75. The number of carbonyl (C=O) groups is 1. The highest BCUT2D eigenvalue weighted by Crippen LogP contribution is 2.36. The lowest BCUT2D eigenvalue weighted by Crippen LogP contribution is -2.11. The number of rotatable bonds is 4. The van der Waals surface area contributed by atoms with E-state index in [9.17, 15) is 4.79 Å². The van der Waals surface area contributed by atoms with Gasteiger partial charge in [0.25, 0.3) is 0 Å². The first kappa shape index (κ1) is 9.41. The van der Waals surface area contributed by atoms with Gasteiger partial charge in [-0.1, -0.05) is 30.3 Å². The lowest BCUT2D eigenvalue weighted by atomic mass is 10.0. The Hall–Kier alpha value is -1.15. The molecule has 0 radical (unpaired) electrons. The summed E-state index contributed by atoms with van der Waals surface area (Å²) in [6, 6.07) is 10.3. The molecule has 1 aliphatic rings. The van der Waals surface area contributed by atoms with E-state index >= 15 is 0 Å². The Bertz CT molecular complexity index is 320. The standard InChI is InChI=1S/C12H14O2/c1-12(9-13)11(14-12)8-7-10-5-3-2-4-6-10/h2-6,9,11H,7-8H2,1H3/t11-,12+/m1/s1. The highest BCUT2D eigenvalue weighted by molar-refractivity contribution is 5.66. The van der Waals surface area contributed by atoms with Crippen LogP contribution >= 0.6 is 0 Å². The van der Waals surface area contributed by atoms with E-state index in [1.807, 2.05) is 25.1 Å². The van der Waals surface area contributed by atoms with Crippen LogP contribution in [0.5, 0.6) is 0 Å².